The van der Waals surface area contributed by atoms with Crippen molar-refractivity contribution in [2.45, 2.75) is 62.3 Å². The van der Waals surface area contributed by atoms with Gasteiger partial charge in [-0.1, -0.05) is 36.4 Å². The number of nitrogens with zero attached hydrogens (tertiary/aromatic N) is 4. The standard InChI is InChI=1S/C33H37N5O2S/c39-41(40,38-19-3-4-20-38)30-9-5-7-26(22-30)31-10-6-8-27-23-34-33(36-32(27)31)35-28-14-11-24-12-15-29(16-13-25(24)21-28)37-17-1-2-18-37/h5-11,14,21-23,29H,1-4,12-13,15-20H2,(H,34,35,36)/t29-/m0/s1. The highest BCUT2D eigenvalue weighted by Gasteiger charge is 2.28. The highest BCUT2D eigenvalue weighted by atomic mass is 32.2. The number of nitrogens with one attached hydrogen (secondary N) is 1. The van der Waals surface area contributed by atoms with Gasteiger partial charge in [0.2, 0.25) is 16.0 Å². The van der Waals surface area contributed by atoms with Gasteiger partial charge in [-0.3, -0.25) is 0 Å². The molecule has 0 unspecified atom stereocenters. The van der Waals surface area contributed by atoms with Gasteiger partial charge < -0.3 is 10.2 Å². The van der Waals surface area contributed by atoms with E-state index in [-0.39, 0.29) is 0 Å². The van der Waals surface area contributed by atoms with Crippen LogP contribution in [0.3, 0.4) is 0 Å². The Morgan fingerprint density at radius 3 is 2.39 bits per heavy atom. The molecule has 2 fully saturated rings. The minimum absolute atomic E-state index is 0.332. The van der Waals surface area contributed by atoms with Crippen molar-refractivity contribution in [3.8, 4) is 11.1 Å². The van der Waals surface area contributed by atoms with Crippen LogP contribution in [0, 0.1) is 0 Å². The van der Waals surface area contributed by atoms with E-state index in [0.29, 0.717) is 30.0 Å². The molecule has 7 nitrogen and oxygen atoms in total. The first-order valence-corrected chi connectivity index (χ1v) is 16.5. The predicted octanol–water partition coefficient (Wildman–Crippen LogP) is 6.17. The van der Waals surface area contributed by atoms with Crippen molar-refractivity contribution in [2.24, 2.45) is 0 Å². The summed E-state index contributed by atoms with van der Waals surface area (Å²) in [5.41, 5.74) is 6.40. The van der Waals surface area contributed by atoms with Gasteiger partial charge in [-0.25, -0.2) is 18.4 Å². The first-order chi connectivity index (χ1) is 20.0. The van der Waals surface area contributed by atoms with Crippen LogP contribution >= 0.6 is 0 Å². The third kappa shape index (κ3) is 5.36. The van der Waals surface area contributed by atoms with Crippen molar-refractivity contribution < 1.29 is 8.42 Å². The third-order valence-electron chi connectivity index (χ3n) is 9.07. The summed E-state index contributed by atoms with van der Waals surface area (Å²) in [7, 11) is -3.50. The van der Waals surface area contributed by atoms with E-state index in [0.717, 1.165) is 53.4 Å². The Balaban J connectivity index is 1.15. The second kappa shape index (κ2) is 11.2. The van der Waals surface area contributed by atoms with Crippen LogP contribution in [-0.2, 0) is 22.9 Å². The number of sulfonamides is 1. The molecule has 7 rings (SSSR count). The molecule has 8 heteroatoms. The highest BCUT2D eigenvalue weighted by molar-refractivity contribution is 7.89. The molecule has 0 radical (unpaired) electrons. The van der Waals surface area contributed by atoms with E-state index < -0.39 is 10.0 Å². The molecule has 4 aromatic rings. The molecule has 41 heavy (non-hydrogen) atoms. The smallest absolute Gasteiger partial charge is 0.243 e. The van der Waals surface area contributed by atoms with Crippen molar-refractivity contribution in [3.05, 3.63) is 78.0 Å². The maximum atomic E-state index is 13.2. The normalized spacial score (nSPS) is 20.2. The summed E-state index contributed by atoms with van der Waals surface area (Å²) >= 11 is 0. The molecular formula is C33H37N5O2S. The van der Waals surface area contributed by atoms with Crippen LogP contribution in [0.2, 0.25) is 0 Å². The number of fused-ring (bicyclic) bond motifs is 2. The molecule has 0 amide bonds. The van der Waals surface area contributed by atoms with E-state index in [4.69, 9.17) is 4.98 Å². The summed E-state index contributed by atoms with van der Waals surface area (Å²) in [6.07, 6.45) is 11.1. The fourth-order valence-corrected chi connectivity index (χ4v) is 8.38. The van der Waals surface area contributed by atoms with Crippen molar-refractivity contribution in [1.82, 2.24) is 19.2 Å². The molecule has 3 heterocycles. The summed E-state index contributed by atoms with van der Waals surface area (Å²) in [6, 6.07) is 20.6. The molecule has 2 saturated heterocycles. The van der Waals surface area contributed by atoms with E-state index >= 15 is 0 Å². The molecule has 1 aromatic heterocycles. The maximum Gasteiger partial charge on any atom is 0.243 e. The number of para-hydroxylation sites is 1. The Morgan fingerprint density at radius 2 is 1.56 bits per heavy atom. The topological polar surface area (TPSA) is 78.4 Å². The van der Waals surface area contributed by atoms with E-state index in [1.165, 1.54) is 49.9 Å². The van der Waals surface area contributed by atoms with Crippen molar-refractivity contribution >= 4 is 32.6 Å². The number of aromatic nitrogens is 2. The second-order valence-corrected chi connectivity index (χ2v) is 13.6. The zero-order chi connectivity index (χ0) is 27.8. The number of likely N-dealkylation sites (tertiary alicyclic amines) is 1. The molecule has 0 spiro atoms. The quantitative estimate of drug-likeness (QED) is 0.281. The molecule has 3 aliphatic rings. The van der Waals surface area contributed by atoms with E-state index in [1.54, 1.807) is 16.4 Å². The monoisotopic (exact) mass is 567 g/mol. The van der Waals surface area contributed by atoms with Crippen LogP contribution in [0.4, 0.5) is 11.6 Å². The van der Waals surface area contributed by atoms with Crippen molar-refractivity contribution in [1.29, 1.82) is 0 Å². The fraction of sp³-hybridized carbons (Fsp3) is 0.394. The average Bonchev–Trinajstić information content (AvgIpc) is 3.70. The van der Waals surface area contributed by atoms with E-state index in [2.05, 4.69) is 33.4 Å². The molecule has 3 aromatic carbocycles. The Bertz CT molecular complexity index is 1680. The Kier molecular flexibility index (Phi) is 7.23. The minimum atomic E-state index is -3.50. The van der Waals surface area contributed by atoms with Crippen LogP contribution in [0.5, 0.6) is 0 Å². The lowest BCUT2D eigenvalue weighted by Gasteiger charge is -2.25. The molecule has 1 atom stereocenters. The Morgan fingerprint density at radius 1 is 0.805 bits per heavy atom. The van der Waals surface area contributed by atoms with Gasteiger partial charge in [0.05, 0.1) is 10.4 Å². The average molecular weight is 568 g/mol. The summed E-state index contributed by atoms with van der Waals surface area (Å²) in [4.78, 5) is 12.6. The lowest BCUT2D eigenvalue weighted by Crippen LogP contribution is -2.32. The van der Waals surface area contributed by atoms with Gasteiger partial charge >= 0.3 is 0 Å². The number of hydrogen-bond donors (Lipinski definition) is 1. The summed E-state index contributed by atoms with van der Waals surface area (Å²) in [5, 5.41) is 4.36. The second-order valence-electron chi connectivity index (χ2n) is 11.7. The van der Waals surface area contributed by atoms with Gasteiger partial charge in [0, 0.05) is 42.0 Å². The maximum absolute atomic E-state index is 13.2. The molecule has 212 valence electrons. The summed E-state index contributed by atoms with van der Waals surface area (Å²) < 4.78 is 28.1. The number of anilines is 2. The van der Waals surface area contributed by atoms with Gasteiger partial charge in [0.25, 0.3) is 0 Å². The van der Waals surface area contributed by atoms with Gasteiger partial charge in [-0.2, -0.15) is 4.31 Å². The molecular weight excluding hydrogens is 530 g/mol. The molecule has 0 bridgehead atoms. The third-order valence-corrected chi connectivity index (χ3v) is 11.0. The Hall–Kier alpha value is -3.33. The SMILES string of the molecule is O=S(=O)(c1cccc(-c2cccc3cnc(Nc4ccc5c(c4)CC[C@@H](N4CCCC4)CC5)nc23)c1)N1CCCC1. The summed E-state index contributed by atoms with van der Waals surface area (Å²) in [6.45, 7) is 3.69. The van der Waals surface area contributed by atoms with Gasteiger partial charge in [-0.15, -0.1) is 0 Å². The minimum Gasteiger partial charge on any atom is -0.324 e. The highest BCUT2D eigenvalue weighted by Crippen LogP contribution is 2.32. The van der Waals surface area contributed by atoms with Crippen LogP contribution in [-0.4, -0.2) is 59.8 Å². The first-order valence-electron chi connectivity index (χ1n) is 15.0. The van der Waals surface area contributed by atoms with Crippen LogP contribution < -0.4 is 5.32 Å². The van der Waals surface area contributed by atoms with Crippen molar-refractivity contribution in [3.63, 3.8) is 0 Å². The molecule has 2 aliphatic heterocycles. The largest absolute Gasteiger partial charge is 0.324 e. The van der Waals surface area contributed by atoms with Crippen LogP contribution in [0.15, 0.2) is 71.8 Å². The van der Waals surface area contributed by atoms with Gasteiger partial charge in [-0.05, 0) is 105 Å². The zero-order valence-electron chi connectivity index (χ0n) is 23.4. The number of benzene rings is 3. The van der Waals surface area contributed by atoms with Gasteiger partial charge in [0.15, 0.2) is 0 Å². The first kappa shape index (κ1) is 26.6. The lowest BCUT2D eigenvalue weighted by atomic mass is 10.0. The summed E-state index contributed by atoms with van der Waals surface area (Å²) in [5.74, 6) is 0.536. The van der Waals surface area contributed by atoms with Gasteiger partial charge in [0.1, 0.15) is 0 Å². The Labute approximate surface area is 242 Å². The molecule has 0 saturated carbocycles. The number of rotatable bonds is 6. The fourth-order valence-electron chi connectivity index (χ4n) is 6.82. The van der Waals surface area contributed by atoms with Crippen molar-refractivity contribution in [2.75, 3.05) is 31.5 Å². The lowest BCUT2D eigenvalue weighted by molar-refractivity contribution is 0.222. The molecule has 1 aliphatic carbocycles. The van der Waals surface area contributed by atoms with Crippen LogP contribution in [0.1, 0.15) is 49.7 Å². The van der Waals surface area contributed by atoms with E-state index in [9.17, 15) is 8.42 Å². The molecule has 1 N–H and O–H groups in total. The predicted molar refractivity (Wildman–Crippen MR) is 164 cm³/mol. The van der Waals surface area contributed by atoms with E-state index in [1.807, 2.05) is 36.5 Å². The zero-order valence-corrected chi connectivity index (χ0v) is 24.2. The number of hydrogen-bond acceptors (Lipinski definition) is 6. The van der Waals surface area contributed by atoms with Crippen LogP contribution in [0.25, 0.3) is 22.0 Å². The number of aryl methyl sites for hydroxylation is 2.